The first kappa shape index (κ1) is 15.3. The van der Waals surface area contributed by atoms with E-state index in [1.165, 1.54) is 5.56 Å². The van der Waals surface area contributed by atoms with Crippen LogP contribution in [-0.2, 0) is 11.2 Å². The van der Waals surface area contributed by atoms with Gasteiger partial charge in [-0.25, -0.2) is 0 Å². The number of benzene rings is 1. The molecule has 0 saturated carbocycles. The molecular formula is C16H23ClN2O. The molecule has 1 aliphatic heterocycles. The molecule has 20 heavy (non-hydrogen) atoms. The molecule has 3 nitrogen and oxygen atoms in total. The average molecular weight is 295 g/mol. The lowest BCUT2D eigenvalue weighted by Crippen LogP contribution is -2.49. The molecule has 110 valence electrons. The number of nitrogens with zero attached hydrogens (tertiary/aromatic N) is 2. The van der Waals surface area contributed by atoms with E-state index in [4.69, 9.17) is 11.6 Å². The van der Waals surface area contributed by atoms with Gasteiger partial charge in [-0.1, -0.05) is 30.7 Å². The van der Waals surface area contributed by atoms with E-state index in [1.807, 2.05) is 17.0 Å². The minimum Gasteiger partial charge on any atom is -0.340 e. The lowest BCUT2D eigenvalue weighted by atomic mass is 10.1. The van der Waals surface area contributed by atoms with Crippen LogP contribution in [0.3, 0.4) is 0 Å². The summed E-state index contributed by atoms with van der Waals surface area (Å²) in [7, 11) is 0. The second kappa shape index (κ2) is 7.65. The molecule has 1 aromatic rings. The molecule has 0 radical (unpaired) electrons. The summed E-state index contributed by atoms with van der Waals surface area (Å²) in [5.41, 5.74) is 1.32. The van der Waals surface area contributed by atoms with Crippen molar-refractivity contribution in [2.45, 2.75) is 26.2 Å². The van der Waals surface area contributed by atoms with Gasteiger partial charge in [-0.3, -0.25) is 9.69 Å². The van der Waals surface area contributed by atoms with E-state index in [-0.39, 0.29) is 0 Å². The maximum absolute atomic E-state index is 11.8. The fourth-order valence-electron chi connectivity index (χ4n) is 2.53. The Kier molecular flexibility index (Phi) is 5.86. The number of carbonyl (C=O) groups is 1. The first-order chi connectivity index (χ1) is 9.69. The van der Waals surface area contributed by atoms with Crippen molar-refractivity contribution in [3.63, 3.8) is 0 Å². The minimum absolute atomic E-state index is 0.310. The fourth-order valence-corrected chi connectivity index (χ4v) is 2.66. The van der Waals surface area contributed by atoms with Gasteiger partial charge in [-0.15, -0.1) is 0 Å². The summed E-state index contributed by atoms with van der Waals surface area (Å²) in [5, 5.41) is 0.789. The van der Waals surface area contributed by atoms with Gasteiger partial charge in [-0.2, -0.15) is 0 Å². The first-order valence-electron chi connectivity index (χ1n) is 7.43. The third kappa shape index (κ3) is 4.50. The monoisotopic (exact) mass is 294 g/mol. The Hall–Kier alpha value is -1.06. The van der Waals surface area contributed by atoms with Gasteiger partial charge in [0.1, 0.15) is 0 Å². The molecule has 1 heterocycles. The van der Waals surface area contributed by atoms with Crippen molar-refractivity contribution in [3.05, 3.63) is 34.9 Å². The summed E-state index contributed by atoms with van der Waals surface area (Å²) in [6, 6.07) is 8.06. The van der Waals surface area contributed by atoms with Crippen molar-refractivity contribution < 1.29 is 4.79 Å². The summed E-state index contributed by atoms with van der Waals surface area (Å²) in [6.45, 7) is 6.84. The van der Waals surface area contributed by atoms with Crippen LogP contribution in [0.1, 0.15) is 25.3 Å². The predicted molar refractivity (Wildman–Crippen MR) is 83.1 cm³/mol. The Balaban J connectivity index is 1.72. The van der Waals surface area contributed by atoms with Crippen LogP contribution in [0, 0.1) is 0 Å². The Morgan fingerprint density at radius 2 is 1.80 bits per heavy atom. The number of hydrogen-bond donors (Lipinski definition) is 0. The second-order valence-electron chi connectivity index (χ2n) is 5.35. The SMILES string of the molecule is CCCC(=O)N1CCN(CCc2ccc(Cl)cc2)CC1. The van der Waals surface area contributed by atoms with Crippen molar-refractivity contribution >= 4 is 17.5 Å². The molecule has 4 heteroatoms. The van der Waals surface area contributed by atoms with Crippen molar-refractivity contribution in [1.29, 1.82) is 0 Å². The quantitative estimate of drug-likeness (QED) is 0.834. The van der Waals surface area contributed by atoms with Crippen molar-refractivity contribution in [3.8, 4) is 0 Å². The molecule has 2 rings (SSSR count). The van der Waals surface area contributed by atoms with E-state index in [0.29, 0.717) is 12.3 Å². The summed E-state index contributed by atoms with van der Waals surface area (Å²) in [6.07, 6.45) is 2.67. The average Bonchev–Trinajstić information content (AvgIpc) is 2.47. The zero-order valence-electron chi connectivity index (χ0n) is 12.1. The third-order valence-corrected chi connectivity index (χ3v) is 4.07. The summed E-state index contributed by atoms with van der Waals surface area (Å²) in [4.78, 5) is 16.2. The van der Waals surface area contributed by atoms with Crippen molar-refractivity contribution in [2.75, 3.05) is 32.7 Å². The molecule has 0 bridgehead atoms. The smallest absolute Gasteiger partial charge is 0.222 e. The third-order valence-electron chi connectivity index (χ3n) is 3.82. The lowest BCUT2D eigenvalue weighted by molar-refractivity contribution is -0.132. The molecule has 1 aromatic carbocycles. The van der Waals surface area contributed by atoms with E-state index in [2.05, 4.69) is 24.0 Å². The number of amides is 1. The highest BCUT2D eigenvalue weighted by atomic mass is 35.5. The molecule has 0 aromatic heterocycles. The van der Waals surface area contributed by atoms with Crippen LogP contribution in [0.25, 0.3) is 0 Å². The molecule has 0 aliphatic carbocycles. The standard InChI is InChI=1S/C16H23ClN2O/c1-2-3-16(20)19-12-10-18(11-13-19)9-8-14-4-6-15(17)7-5-14/h4-7H,2-3,8-13H2,1H3. The van der Waals surface area contributed by atoms with E-state index >= 15 is 0 Å². The van der Waals surface area contributed by atoms with Crippen LogP contribution in [-0.4, -0.2) is 48.4 Å². The van der Waals surface area contributed by atoms with Gasteiger partial charge in [-0.05, 0) is 30.5 Å². The molecule has 0 atom stereocenters. The van der Waals surface area contributed by atoms with E-state index in [9.17, 15) is 4.79 Å². The zero-order chi connectivity index (χ0) is 14.4. The second-order valence-corrected chi connectivity index (χ2v) is 5.79. The number of rotatable bonds is 5. The van der Waals surface area contributed by atoms with Crippen molar-refractivity contribution in [1.82, 2.24) is 9.80 Å². The van der Waals surface area contributed by atoms with Gasteiger partial charge in [0.25, 0.3) is 0 Å². The largest absolute Gasteiger partial charge is 0.340 e. The Morgan fingerprint density at radius 3 is 2.40 bits per heavy atom. The Morgan fingerprint density at radius 1 is 1.15 bits per heavy atom. The van der Waals surface area contributed by atoms with Crippen molar-refractivity contribution in [2.24, 2.45) is 0 Å². The lowest BCUT2D eigenvalue weighted by Gasteiger charge is -2.34. The van der Waals surface area contributed by atoms with Crippen LogP contribution < -0.4 is 0 Å². The number of halogens is 1. The van der Waals surface area contributed by atoms with Gasteiger partial charge in [0.2, 0.25) is 5.91 Å². The molecule has 0 N–H and O–H groups in total. The van der Waals surface area contributed by atoms with Crippen LogP contribution in [0.15, 0.2) is 24.3 Å². The Labute approximate surface area is 126 Å². The van der Waals surface area contributed by atoms with Crippen LogP contribution in [0.5, 0.6) is 0 Å². The van der Waals surface area contributed by atoms with Crippen LogP contribution >= 0.6 is 11.6 Å². The summed E-state index contributed by atoms with van der Waals surface area (Å²) < 4.78 is 0. The molecule has 0 spiro atoms. The molecule has 1 saturated heterocycles. The molecule has 1 aliphatic rings. The fraction of sp³-hybridized carbons (Fsp3) is 0.562. The maximum Gasteiger partial charge on any atom is 0.222 e. The summed E-state index contributed by atoms with van der Waals surface area (Å²) in [5.74, 6) is 0.310. The van der Waals surface area contributed by atoms with E-state index in [0.717, 1.165) is 50.6 Å². The van der Waals surface area contributed by atoms with Gasteiger partial charge >= 0.3 is 0 Å². The van der Waals surface area contributed by atoms with Gasteiger partial charge in [0.05, 0.1) is 0 Å². The Bertz CT molecular complexity index is 425. The minimum atomic E-state index is 0.310. The van der Waals surface area contributed by atoms with Gasteiger partial charge in [0.15, 0.2) is 0 Å². The van der Waals surface area contributed by atoms with Gasteiger partial charge < -0.3 is 4.90 Å². The number of carbonyl (C=O) groups excluding carboxylic acids is 1. The van der Waals surface area contributed by atoms with E-state index in [1.54, 1.807) is 0 Å². The van der Waals surface area contributed by atoms with Crippen LogP contribution in [0.4, 0.5) is 0 Å². The predicted octanol–water partition coefficient (Wildman–Crippen LogP) is 2.83. The molecular weight excluding hydrogens is 272 g/mol. The number of piperazine rings is 1. The maximum atomic E-state index is 11.8. The van der Waals surface area contributed by atoms with Crippen LogP contribution in [0.2, 0.25) is 5.02 Å². The van der Waals surface area contributed by atoms with Gasteiger partial charge in [0, 0.05) is 44.2 Å². The molecule has 1 amide bonds. The first-order valence-corrected chi connectivity index (χ1v) is 7.81. The topological polar surface area (TPSA) is 23.6 Å². The zero-order valence-corrected chi connectivity index (χ0v) is 12.9. The highest BCUT2D eigenvalue weighted by molar-refractivity contribution is 6.30. The van der Waals surface area contributed by atoms with E-state index < -0.39 is 0 Å². The normalized spacial score (nSPS) is 16.4. The summed E-state index contributed by atoms with van der Waals surface area (Å²) >= 11 is 5.88. The number of hydrogen-bond acceptors (Lipinski definition) is 2. The molecule has 1 fully saturated rings. The molecule has 0 unspecified atom stereocenters. The highest BCUT2D eigenvalue weighted by Gasteiger charge is 2.19. The highest BCUT2D eigenvalue weighted by Crippen LogP contribution is 2.11.